The highest BCUT2D eigenvalue weighted by molar-refractivity contribution is 6.43. The lowest BCUT2D eigenvalue weighted by molar-refractivity contribution is -0.136. The van der Waals surface area contributed by atoms with Gasteiger partial charge in [0.05, 0.1) is 28.9 Å². The van der Waals surface area contributed by atoms with Crippen LogP contribution in [0.1, 0.15) is 15.9 Å². The Morgan fingerprint density at radius 1 is 0.879 bits per heavy atom. The molecule has 0 aliphatic carbocycles. The van der Waals surface area contributed by atoms with Crippen molar-refractivity contribution in [1.29, 1.82) is 0 Å². The van der Waals surface area contributed by atoms with Crippen molar-refractivity contribution >= 4 is 52.9 Å². The summed E-state index contributed by atoms with van der Waals surface area (Å²) in [6, 6.07) is 17.4. The molecule has 0 radical (unpaired) electrons. The SMILES string of the molecule is COc1cccc(C(=O)Oc2cccc(C=NNC(=O)C(=O)Nc3ccc(Cl)c(Cl)c3)c2)c1. The fourth-order valence-electron chi connectivity index (χ4n) is 2.55. The van der Waals surface area contributed by atoms with Crippen molar-refractivity contribution in [1.82, 2.24) is 5.43 Å². The van der Waals surface area contributed by atoms with E-state index in [-0.39, 0.29) is 10.8 Å². The van der Waals surface area contributed by atoms with Gasteiger partial charge in [-0.3, -0.25) is 9.59 Å². The van der Waals surface area contributed by atoms with E-state index in [9.17, 15) is 14.4 Å². The van der Waals surface area contributed by atoms with Gasteiger partial charge in [0.1, 0.15) is 11.5 Å². The van der Waals surface area contributed by atoms with E-state index in [0.29, 0.717) is 27.6 Å². The molecule has 0 aliphatic rings. The largest absolute Gasteiger partial charge is 0.497 e. The first-order chi connectivity index (χ1) is 15.9. The zero-order valence-electron chi connectivity index (χ0n) is 17.2. The number of hydrogen-bond acceptors (Lipinski definition) is 6. The number of rotatable bonds is 6. The molecule has 0 fully saturated rings. The molecule has 3 aromatic carbocycles. The molecule has 0 aromatic heterocycles. The molecule has 2 amide bonds. The molecule has 0 bridgehead atoms. The maximum Gasteiger partial charge on any atom is 0.343 e. The van der Waals surface area contributed by atoms with Crippen molar-refractivity contribution in [2.24, 2.45) is 5.10 Å². The highest BCUT2D eigenvalue weighted by Crippen LogP contribution is 2.25. The van der Waals surface area contributed by atoms with Gasteiger partial charge in [-0.15, -0.1) is 0 Å². The number of amides is 2. The number of hydrazone groups is 1. The third-order valence-corrected chi connectivity index (χ3v) is 4.88. The van der Waals surface area contributed by atoms with Crippen LogP contribution in [0.25, 0.3) is 0 Å². The average Bonchev–Trinajstić information content (AvgIpc) is 2.81. The molecule has 0 spiro atoms. The summed E-state index contributed by atoms with van der Waals surface area (Å²) in [5.41, 5.74) is 3.27. The summed E-state index contributed by atoms with van der Waals surface area (Å²) in [6.07, 6.45) is 1.30. The highest BCUT2D eigenvalue weighted by atomic mass is 35.5. The maximum atomic E-state index is 12.3. The van der Waals surface area contributed by atoms with Crippen molar-refractivity contribution in [2.75, 3.05) is 12.4 Å². The molecule has 0 heterocycles. The Bertz CT molecular complexity index is 1230. The molecule has 10 heteroatoms. The van der Waals surface area contributed by atoms with Crippen LogP contribution in [0.2, 0.25) is 10.0 Å². The first-order valence-electron chi connectivity index (χ1n) is 9.41. The Labute approximate surface area is 199 Å². The topological polar surface area (TPSA) is 106 Å². The van der Waals surface area contributed by atoms with Gasteiger partial charge in [-0.05, 0) is 54.1 Å². The van der Waals surface area contributed by atoms with Crippen LogP contribution in [-0.4, -0.2) is 31.1 Å². The molecule has 33 heavy (non-hydrogen) atoms. The van der Waals surface area contributed by atoms with Gasteiger partial charge in [-0.2, -0.15) is 5.10 Å². The summed E-state index contributed by atoms with van der Waals surface area (Å²) in [5.74, 6) is -1.68. The summed E-state index contributed by atoms with van der Waals surface area (Å²) < 4.78 is 10.5. The Morgan fingerprint density at radius 3 is 2.39 bits per heavy atom. The van der Waals surface area contributed by atoms with Crippen LogP contribution in [0.15, 0.2) is 71.8 Å². The fourth-order valence-corrected chi connectivity index (χ4v) is 2.85. The van der Waals surface area contributed by atoms with Gasteiger partial charge in [0.25, 0.3) is 0 Å². The molecule has 0 atom stereocenters. The van der Waals surface area contributed by atoms with Gasteiger partial charge in [0.2, 0.25) is 0 Å². The van der Waals surface area contributed by atoms with Crippen LogP contribution in [0.4, 0.5) is 5.69 Å². The van der Waals surface area contributed by atoms with Crippen molar-refractivity contribution in [2.45, 2.75) is 0 Å². The van der Waals surface area contributed by atoms with E-state index in [2.05, 4.69) is 15.8 Å². The standard InChI is InChI=1S/C23H17Cl2N3O5/c1-32-17-6-3-5-15(11-17)23(31)33-18-7-2-4-14(10-18)13-26-28-22(30)21(29)27-16-8-9-19(24)20(25)12-16/h2-13H,1H3,(H,27,29)(H,28,30). The molecule has 0 saturated heterocycles. The molecule has 0 saturated carbocycles. The first-order valence-corrected chi connectivity index (χ1v) is 10.2. The minimum absolute atomic E-state index is 0.236. The summed E-state index contributed by atoms with van der Waals surface area (Å²) in [4.78, 5) is 36.2. The number of benzene rings is 3. The van der Waals surface area contributed by atoms with Crippen LogP contribution in [0.5, 0.6) is 11.5 Å². The lowest BCUT2D eigenvalue weighted by Crippen LogP contribution is -2.32. The van der Waals surface area contributed by atoms with Crippen LogP contribution in [0.3, 0.4) is 0 Å². The maximum absolute atomic E-state index is 12.3. The van der Waals surface area contributed by atoms with Gasteiger partial charge in [0.15, 0.2) is 0 Å². The number of carbonyl (C=O) groups excluding carboxylic acids is 3. The van der Waals surface area contributed by atoms with E-state index in [0.717, 1.165) is 0 Å². The molecule has 0 unspecified atom stereocenters. The monoisotopic (exact) mass is 485 g/mol. The van der Waals surface area contributed by atoms with Crippen molar-refractivity contribution in [3.8, 4) is 11.5 Å². The van der Waals surface area contributed by atoms with Gasteiger partial charge >= 0.3 is 17.8 Å². The predicted octanol–water partition coefficient (Wildman–Crippen LogP) is 4.31. The molecule has 3 aromatic rings. The van der Waals surface area contributed by atoms with E-state index in [1.807, 2.05) is 0 Å². The van der Waals surface area contributed by atoms with E-state index in [4.69, 9.17) is 32.7 Å². The second-order valence-electron chi connectivity index (χ2n) is 6.48. The molecular weight excluding hydrogens is 469 g/mol. The number of nitrogens with one attached hydrogen (secondary N) is 2. The molecule has 3 rings (SSSR count). The van der Waals surface area contributed by atoms with Crippen molar-refractivity contribution in [3.63, 3.8) is 0 Å². The number of anilines is 1. The number of esters is 1. The third kappa shape index (κ3) is 6.80. The van der Waals surface area contributed by atoms with Gasteiger partial charge in [-0.1, -0.05) is 41.4 Å². The summed E-state index contributed by atoms with van der Waals surface area (Å²) in [7, 11) is 1.50. The van der Waals surface area contributed by atoms with Crippen LogP contribution in [0, 0.1) is 0 Å². The quantitative estimate of drug-likeness (QED) is 0.178. The molecular formula is C23H17Cl2N3O5. The van der Waals surface area contributed by atoms with E-state index in [1.165, 1.54) is 31.5 Å². The minimum Gasteiger partial charge on any atom is -0.497 e. The summed E-state index contributed by atoms with van der Waals surface area (Å²) in [6.45, 7) is 0. The minimum atomic E-state index is -0.988. The van der Waals surface area contributed by atoms with E-state index in [1.54, 1.807) is 48.5 Å². The normalized spacial score (nSPS) is 10.5. The zero-order chi connectivity index (χ0) is 23.8. The summed E-state index contributed by atoms with van der Waals surface area (Å²) >= 11 is 11.7. The average molecular weight is 486 g/mol. The Morgan fingerprint density at radius 2 is 1.64 bits per heavy atom. The number of methoxy groups -OCH3 is 1. The first kappa shape index (κ1) is 23.8. The number of nitrogens with zero attached hydrogens (tertiary/aromatic N) is 1. The Kier molecular flexibility index (Phi) is 8.01. The molecule has 168 valence electrons. The van der Waals surface area contributed by atoms with Gasteiger partial charge < -0.3 is 14.8 Å². The molecule has 2 N–H and O–H groups in total. The second kappa shape index (κ2) is 11.1. The number of carbonyl (C=O) groups is 3. The lowest BCUT2D eigenvalue weighted by Gasteiger charge is -2.06. The third-order valence-electron chi connectivity index (χ3n) is 4.14. The lowest BCUT2D eigenvalue weighted by atomic mass is 10.2. The van der Waals surface area contributed by atoms with Gasteiger partial charge in [0, 0.05) is 5.69 Å². The Hall–Kier alpha value is -3.88. The molecule has 0 aliphatic heterocycles. The van der Waals surface area contributed by atoms with Gasteiger partial charge in [-0.25, -0.2) is 10.2 Å². The molecule has 8 nitrogen and oxygen atoms in total. The van der Waals surface area contributed by atoms with Crippen LogP contribution in [-0.2, 0) is 9.59 Å². The van der Waals surface area contributed by atoms with E-state index < -0.39 is 17.8 Å². The summed E-state index contributed by atoms with van der Waals surface area (Å²) in [5, 5.41) is 6.68. The van der Waals surface area contributed by atoms with E-state index >= 15 is 0 Å². The number of halogens is 2. The Balaban J connectivity index is 1.57. The predicted molar refractivity (Wildman–Crippen MR) is 125 cm³/mol. The van der Waals surface area contributed by atoms with Crippen molar-refractivity contribution < 1.29 is 23.9 Å². The smallest absolute Gasteiger partial charge is 0.343 e. The van der Waals surface area contributed by atoms with Crippen LogP contribution < -0.4 is 20.2 Å². The van der Waals surface area contributed by atoms with Crippen molar-refractivity contribution in [3.05, 3.63) is 87.9 Å². The number of ether oxygens (including phenoxy) is 2. The number of hydrogen-bond donors (Lipinski definition) is 2. The second-order valence-corrected chi connectivity index (χ2v) is 7.29. The zero-order valence-corrected chi connectivity index (χ0v) is 18.7. The van der Waals surface area contributed by atoms with Crippen LogP contribution >= 0.6 is 23.2 Å². The highest BCUT2D eigenvalue weighted by Gasteiger charge is 2.14. The fraction of sp³-hybridized carbons (Fsp3) is 0.0435.